The summed E-state index contributed by atoms with van der Waals surface area (Å²) in [7, 11) is 0. The van der Waals surface area contributed by atoms with Crippen LogP contribution in [0.15, 0.2) is 18.3 Å². The van der Waals surface area contributed by atoms with E-state index in [0.29, 0.717) is 36.3 Å². The third-order valence-corrected chi connectivity index (χ3v) is 6.25. The number of ether oxygens (including phenoxy) is 1. The Labute approximate surface area is 149 Å². The molecule has 1 amide bonds. The van der Waals surface area contributed by atoms with Crippen molar-refractivity contribution < 1.29 is 14.6 Å². The Morgan fingerprint density at radius 1 is 1.40 bits per heavy atom. The smallest absolute Gasteiger partial charge is 0.249 e. The summed E-state index contributed by atoms with van der Waals surface area (Å²) in [5, 5.41) is 22.8. The molecule has 1 aromatic heterocycles. The number of aromatic nitrogens is 2. The van der Waals surface area contributed by atoms with Gasteiger partial charge in [-0.3, -0.25) is 9.89 Å². The Morgan fingerprint density at radius 2 is 2.20 bits per heavy atom. The van der Waals surface area contributed by atoms with Crippen molar-refractivity contribution in [3.05, 3.63) is 28.9 Å². The van der Waals surface area contributed by atoms with E-state index >= 15 is 0 Å². The SMILES string of the molecule is O=C(N[C@H]1[C@@H]2C[C@](O)(c3cc(Cl)cc4[nH]ncc34)C[C@@H]21)C1CCCO1. The van der Waals surface area contributed by atoms with Crippen LogP contribution in [-0.4, -0.2) is 40.0 Å². The second kappa shape index (κ2) is 5.43. The number of aliphatic hydroxyl groups is 1. The van der Waals surface area contributed by atoms with Gasteiger partial charge in [0.15, 0.2) is 0 Å². The zero-order valence-corrected chi connectivity index (χ0v) is 14.4. The number of carbonyl (C=O) groups is 1. The Bertz CT molecular complexity index is 833. The second-order valence-electron chi connectivity index (χ2n) is 7.59. The van der Waals surface area contributed by atoms with Crippen LogP contribution in [0.3, 0.4) is 0 Å². The molecule has 2 heterocycles. The molecule has 0 bridgehead atoms. The van der Waals surface area contributed by atoms with Gasteiger partial charge in [-0.2, -0.15) is 5.10 Å². The lowest BCUT2D eigenvalue weighted by atomic mass is 9.86. The van der Waals surface area contributed by atoms with E-state index in [4.69, 9.17) is 16.3 Å². The molecule has 132 valence electrons. The van der Waals surface area contributed by atoms with Crippen LogP contribution in [0.25, 0.3) is 10.9 Å². The molecular weight excluding hydrogens is 342 g/mol. The van der Waals surface area contributed by atoms with Crippen LogP contribution in [-0.2, 0) is 15.1 Å². The van der Waals surface area contributed by atoms with Gasteiger partial charge >= 0.3 is 0 Å². The number of benzene rings is 1. The maximum Gasteiger partial charge on any atom is 0.249 e. The highest BCUT2D eigenvalue weighted by molar-refractivity contribution is 6.31. The van der Waals surface area contributed by atoms with Gasteiger partial charge in [0.05, 0.1) is 17.3 Å². The van der Waals surface area contributed by atoms with Crippen molar-refractivity contribution in [1.82, 2.24) is 15.5 Å². The Hall–Kier alpha value is -1.63. The third kappa shape index (κ3) is 2.46. The maximum atomic E-state index is 12.2. The van der Waals surface area contributed by atoms with E-state index < -0.39 is 5.60 Å². The number of amides is 1. The average Bonchev–Trinajstić information content (AvgIpc) is 3.12. The highest BCUT2D eigenvalue weighted by atomic mass is 35.5. The van der Waals surface area contributed by atoms with Crippen molar-refractivity contribution in [2.45, 2.75) is 43.4 Å². The van der Waals surface area contributed by atoms with Crippen LogP contribution < -0.4 is 5.32 Å². The van der Waals surface area contributed by atoms with Gasteiger partial charge in [-0.25, -0.2) is 0 Å². The molecule has 1 aromatic carbocycles. The fraction of sp³-hybridized carbons (Fsp3) is 0.556. The van der Waals surface area contributed by atoms with Gasteiger partial charge < -0.3 is 15.2 Å². The molecule has 0 spiro atoms. The molecule has 5 rings (SSSR count). The van der Waals surface area contributed by atoms with Gasteiger partial charge in [-0.05, 0) is 55.2 Å². The Balaban J connectivity index is 1.32. The molecule has 1 aliphatic heterocycles. The minimum Gasteiger partial charge on any atom is -0.385 e. The molecule has 1 unspecified atom stereocenters. The second-order valence-corrected chi connectivity index (χ2v) is 8.02. The van der Waals surface area contributed by atoms with Crippen LogP contribution in [0.5, 0.6) is 0 Å². The minimum atomic E-state index is -0.909. The fourth-order valence-electron chi connectivity index (χ4n) is 4.74. The highest BCUT2D eigenvalue weighted by Gasteiger charge is 2.62. The lowest BCUT2D eigenvalue weighted by Crippen LogP contribution is -2.39. The standard InChI is InChI=1S/C18H20ClN3O3/c19-9-4-13(12-8-20-22-14(12)5-9)18(24)6-10-11(7-18)16(10)21-17(23)15-2-1-3-25-15/h4-5,8,10-11,15-16,24H,1-3,6-7H2,(H,20,22)(H,21,23)/t10-,11+,15?,16+,18-. The van der Waals surface area contributed by atoms with Crippen molar-refractivity contribution in [3.8, 4) is 0 Å². The van der Waals surface area contributed by atoms with Gasteiger partial charge in [0.25, 0.3) is 0 Å². The van der Waals surface area contributed by atoms with E-state index in [1.165, 1.54) is 0 Å². The van der Waals surface area contributed by atoms with Crippen molar-refractivity contribution in [2.75, 3.05) is 6.61 Å². The number of nitrogens with zero attached hydrogens (tertiary/aromatic N) is 1. The van der Waals surface area contributed by atoms with E-state index in [2.05, 4.69) is 15.5 Å². The predicted octanol–water partition coefficient (Wildman–Crippen LogP) is 2.11. The van der Waals surface area contributed by atoms with Gasteiger partial charge in [0.1, 0.15) is 6.10 Å². The van der Waals surface area contributed by atoms with Crippen LogP contribution in [0.1, 0.15) is 31.2 Å². The Kier molecular flexibility index (Phi) is 3.39. The summed E-state index contributed by atoms with van der Waals surface area (Å²) in [5.41, 5.74) is 0.757. The number of hydrogen-bond donors (Lipinski definition) is 3. The number of carbonyl (C=O) groups excluding carboxylic acids is 1. The Morgan fingerprint density at radius 3 is 2.92 bits per heavy atom. The molecule has 2 saturated carbocycles. The minimum absolute atomic E-state index is 0.000389. The number of aromatic amines is 1. The van der Waals surface area contributed by atoms with E-state index in [1.807, 2.05) is 12.1 Å². The quantitative estimate of drug-likeness (QED) is 0.781. The monoisotopic (exact) mass is 361 g/mol. The first-order valence-corrected chi connectivity index (χ1v) is 9.20. The van der Waals surface area contributed by atoms with E-state index in [-0.39, 0.29) is 18.1 Å². The first-order valence-electron chi connectivity index (χ1n) is 8.83. The molecule has 5 atom stereocenters. The molecule has 0 radical (unpaired) electrons. The van der Waals surface area contributed by atoms with Gasteiger partial charge in [-0.1, -0.05) is 11.6 Å². The van der Waals surface area contributed by atoms with Crippen molar-refractivity contribution >= 4 is 28.4 Å². The molecule has 6 nitrogen and oxygen atoms in total. The van der Waals surface area contributed by atoms with Crippen molar-refractivity contribution in [3.63, 3.8) is 0 Å². The molecule has 3 N–H and O–H groups in total. The largest absolute Gasteiger partial charge is 0.385 e. The van der Waals surface area contributed by atoms with Gasteiger partial charge in [0.2, 0.25) is 5.91 Å². The molecule has 3 aliphatic rings. The molecule has 2 aliphatic carbocycles. The zero-order valence-electron chi connectivity index (χ0n) is 13.7. The summed E-state index contributed by atoms with van der Waals surface area (Å²) < 4.78 is 5.44. The van der Waals surface area contributed by atoms with Crippen LogP contribution >= 0.6 is 11.6 Å². The first kappa shape index (κ1) is 15.6. The third-order valence-electron chi connectivity index (χ3n) is 6.03. The highest BCUT2D eigenvalue weighted by Crippen LogP contribution is 2.60. The maximum absolute atomic E-state index is 12.2. The number of halogens is 1. The molecule has 2 aromatic rings. The lowest BCUT2D eigenvalue weighted by Gasteiger charge is -2.27. The normalized spacial score (nSPS) is 36.6. The topological polar surface area (TPSA) is 87.2 Å². The van der Waals surface area contributed by atoms with Crippen LogP contribution in [0.4, 0.5) is 0 Å². The number of nitrogens with one attached hydrogen (secondary N) is 2. The zero-order chi connectivity index (χ0) is 17.2. The summed E-state index contributed by atoms with van der Waals surface area (Å²) >= 11 is 6.21. The number of fused-ring (bicyclic) bond motifs is 2. The summed E-state index contributed by atoms with van der Waals surface area (Å²) in [4.78, 5) is 12.2. The predicted molar refractivity (Wildman–Crippen MR) is 92.1 cm³/mol. The molecule has 3 fully saturated rings. The van der Waals surface area contributed by atoms with Gasteiger partial charge in [0, 0.05) is 23.1 Å². The molecule has 1 saturated heterocycles. The van der Waals surface area contributed by atoms with Crippen molar-refractivity contribution in [1.29, 1.82) is 0 Å². The summed E-state index contributed by atoms with van der Waals surface area (Å²) in [6.07, 6.45) is 4.46. The van der Waals surface area contributed by atoms with E-state index in [9.17, 15) is 9.90 Å². The van der Waals surface area contributed by atoms with Crippen LogP contribution in [0, 0.1) is 11.8 Å². The molecular formula is C18H20ClN3O3. The lowest BCUT2D eigenvalue weighted by molar-refractivity contribution is -0.130. The van der Waals surface area contributed by atoms with Crippen LogP contribution in [0.2, 0.25) is 5.02 Å². The summed E-state index contributed by atoms with van der Waals surface area (Å²) in [6, 6.07) is 3.82. The summed E-state index contributed by atoms with van der Waals surface area (Å²) in [6.45, 7) is 0.671. The van der Waals surface area contributed by atoms with Gasteiger partial charge in [-0.15, -0.1) is 0 Å². The van der Waals surface area contributed by atoms with E-state index in [0.717, 1.165) is 29.3 Å². The first-order chi connectivity index (χ1) is 12.0. The summed E-state index contributed by atoms with van der Waals surface area (Å²) in [5.74, 6) is 0.632. The number of hydrogen-bond acceptors (Lipinski definition) is 4. The number of H-pyrrole nitrogens is 1. The van der Waals surface area contributed by atoms with Crippen molar-refractivity contribution in [2.24, 2.45) is 11.8 Å². The number of rotatable bonds is 3. The molecule has 7 heteroatoms. The average molecular weight is 362 g/mol. The fourth-order valence-corrected chi connectivity index (χ4v) is 4.96. The molecule has 25 heavy (non-hydrogen) atoms. The van der Waals surface area contributed by atoms with E-state index in [1.54, 1.807) is 6.20 Å².